The van der Waals surface area contributed by atoms with E-state index in [1.807, 2.05) is 25.1 Å². The van der Waals surface area contributed by atoms with Crippen LogP contribution in [0.5, 0.6) is 11.5 Å². The van der Waals surface area contributed by atoms with Crippen LogP contribution in [0.3, 0.4) is 0 Å². The first kappa shape index (κ1) is 16.1. The van der Waals surface area contributed by atoms with Crippen molar-refractivity contribution in [1.82, 2.24) is 5.32 Å². The maximum Gasteiger partial charge on any atom is 0.246 e. The quantitative estimate of drug-likeness (QED) is 0.927. The van der Waals surface area contributed by atoms with Gasteiger partial charge in [-0.2, -0.15) is 0 Å². The Morgan fingerprint density at radius 1 is 1.22 bits per heavy atom. The van der Waals surface area contributed by atoms with E-state index in [-0.39, 0.29) is 18.6 Å². The number of hydrogen-bond donors (Lipinski definition) is 1. The Morgan fingerprint density at radius 2 is 2.00 bits per heavy atom. The molecule has 2 aliphatic rings. The Labute approximate surface area is 137 Å². The molecule has 126 valence electrons. The highest BCUT2D eigenvalue weighted by atomic mass is 16.5. The Kier molecular flexibility index (Phi) is 4.76. The zero-order chi connectivity index (χ0) is 16.3. The molecular formula is C18H25NO4. The standard InChI is InChI=1S/C18H25NO4/c1-18(12-19-17(20)11-22-18)13-8-9-15(21-2)16(10-13)23-14-6-4-3-5-7-14/h8-10,14H,3-7,11-12H2,1-2H3,(H,19,20). The van der Waals surface area contributed by atoms with Crippen molar-refractivity contribution < 1.29 is 19.0 Å². The molecule has 0 spiro atoms. The molecule has 1 unspecified atom stereocenters. The summed E-state index contributed by atoms with van der Waals surface area (Å²) in [6, 6.07) is 5.88. The number of carbonyl (C=O) groups is 1. The summed E-state index contributed by atoms with van der Waals surface area (Å²) in [7, 11) is 1.65. The van der Waals surface area contributed by atoms with Gasteiger partial charge in [0.1, 0.15) is 12.2 Å². The van der Waals surface area contributed by atoms with Crippen LogP contribution in [0, 0.1) is 0 Å². The highest BCUT2D eigenvalue weighted by Gasteiger charge is 2.33. The van der Waals surface area contributed by atoms with Crippen molar-refractivity contribution in [2.75, 3.05) is 20.3 Å². The molecule has 0 radical (unpaired) electrons. The molecule has 1 aliphatic carbocycles. The normalized spacial score (nSPS) is 25.7. The van der Waals surface area contributed by atoms with Crippen LogP contribution in [0.15, 0.2) is 18.2 Å². The van der Waals surface area contributed by atoms with Crippen LogP contribution in [-0.2, 0) is 15.1 Å². The first-order valence-electron chi connectivity index (χ1n) is 8.36. The fraction of sp³-hybridized carbons (Fsp3) is 0.611. The van der Waals surface area contributed by atoms with E-state index < -0.39 is 5.60 Å². The van der Waals surface area contributed by atoms with Crippen molar-refractivity contribution in [3.63, 3.8) is 0 Å². The zero-order valence-electron chi connectivity index (χ0n) is 13.9. The summed E-state index contributed by atoms with van der Waals surface area (Å²) < 4.78 is 17.4. The Bertz CT molecular complexity index is 556. The van der Waals surface area contributed by atoms with Crippen molar-refractivity contribution in [2.45, 2.75) is 50.7 Å². The van der Waals surface area contributed by atoms with Gasteiger partial charge in [0.2, 0.25) is 5.91 Å². The molecule has 23 heavy (non-hydrogen) atoms. The van der Waals surface area contributed by atoms with Crippen molar-refractivity contribution in [3.05, 3.63) is 23.8 Å². The maximum absolute atomic E-state index is 11.3. The van der Waals surface area contributed by atoms with Gasteiger partial charge in [-0.3, -0.25) is 4.79 Å². The number of morpholine rings is 1. The second-order valence-corrected chi connectivity index (χ2v) is 6.54. The number of ether oxygens (including phenoxy) is 3. The van der Waals surface area contributed by atoms with Gasteiger partial charge in [0.05, 0.1) is 19.8 Å². The predicted molar refractivity (Wildman–Crippen MR) is 86.8 cm³/mol. The average Bonchev–Trinajstić information content (AvgIpc) is 2.58. The molecular weight excluding hydrogens is 294 g/mol. The number of methoxy groups -OCH3 is 1. The molecule has 1 aliphatic heterocycles. The first-order chi connectivity index (χ1) is 11.1. The molecule has 1 saturated carbocycles. The molecule has 1 atom stereocenters. The van der Waals surface area contributed by atoms with Gasteiger partial charge in [0, 0.05) is 0 Å². The third-order valence-corrected chi connectivity index (χ3v) is 4.76. The molecule has 1 amide bonds. The number of nitrogens with one attached hydrogen (secondary N) is 1. The van der Waals surface area contributed by atoms with E-state index in [0.717, 1.165) is 29.9 Å². The molecule has 0 aromatic heterocycles. The predicted octanol–water partition coefficient (Wildman–Crippen LogP) is 2.77. The fourth-order valence-corrected chi connectivity index (χ4v) is 3.24. The number of rotatable bonds is 4. The summed E-state index contributed by atoms with van der Waals surface area (Å²) >= 11 is 0. The minimum absolute atomic E-state index is 0.0744. The van der Waals surface area contributed by atoms with Gasteiger partial charge in [-0.05, 0) is 50.3 Å². The molecule has 5 heteroatoms. The minimum Gasteiger partial charge on any atom is -0.493 e. The van der Waals surface area contributed by atoms with E-state index >= 15 is 0 Å². The summed E-state index contributed by atoms with van der Waals surface area (Å²) in [6.07, 6.45) is 6.18. The van der Waals surface area contributed by atoms with E-state index in [1.54, 1.807) is 7.11 Å². The van der Waals surface area contributed by atoms with Gasteiger partial charge in [0.15, 0.2) is 11.5 Å². The van der Waals surface area contributed by atoms with Crippen LogP contribution < -0.4 is 14.8 Å². The molecule has 1 aromatic carbocycles. The van der Waals surface area contributed by atoms with Gasteiger partial charge in [-0.1, -0.05) is 12.5 Å². The highest BCUT2D eigenvalue weighted by molar-refractivity contribution is 5.78. The third kappa shape index (κ3) is 3.61. The summed E-state index contributed by atoms with van der Waals surface area (Å²) in [5.41, 5.74) is 0.453. The molecule has 1 aromatic rings. The third-order valence-electron chi connectivity index (χ3n) is 4.76. The second kappa shape index (κ2) is 6.79. The summed E-state index contributed by atoms with van der Waals surface area (Å²) in [5, 5.41) is 2.86. The Hall–Kier alpha value is -1.75. The van der Waals surface area contributed by atoms with Crippen LogP contribution in [-0.4, -0.2) is 32.3 Å². The number of hydrogen-bond acceptors (Lipinski definition) is 4. The van der Waals surface area contributed by atoms with E-state index in [9.17, 15) is 4.79 Å². The highest BCUT2D eigenvalue weighted by Crippen LogP contribution is 2.36. The maximum atomic E-state index is 11.3. The van der Waals surface area contributed by atoms with Gasteiger partial charge in [0.25, 0.3) is 0 Å². The number of amides is 1. The average molecular weight is 319 g/mol. The lowest BCUT2D eigenvalue weighted by Crippen LogP contribution is -2.48. The van der Waals surface area contributed by atoms with Crippen molar-refractivity contribution in [3.8, 4) is 11.5 Å². The molecule has 2 fully saturated rings. The summed E-state index contributed by atoms with van der Waals surface area (Å²) in [4.78, 5) is 11.3. The van der Waals surface area contributed by atoms with Crippen molar-refractivity contribution in [1.29, 1.82) is 0 Å². The van der Waals surface area contributed by atoms with Gasteiger partial charge < -0.3 is 19.5 Å². The van der Waals surface area contributed by atoms with Crippen LogP contribution in [0.1, 0.15) is 44.6 Å². The van der Waals surface area contributed by atoms with Gasteiger partial charge in [-0.25, -0.2) is 0 Å². The lowest BCUT2D eigenvalue weighted by molar-refractivity contribution is -0.142. The number of benzene rings is 1. The molecule has 0 bridgehead atoms. The van der Waals surface area contributed by atoms with E-state index in [4.69, 9.17) is 14.2 Å². The van der Waals surface area contributed by atoms with E-state index in [0.29, 0.717) is 6.54 Å². The largest absolute Gasteiger partial charge is 0.493 e. The van der Waals surface area contributed by atoms with Crippen molar-refractivity contribution in [2.24, 2.45) is 0 Å². The first-order valence-corrected chi connectivity index (χ1v) is 8.36. The second-order valence-electron chi connectivity index (χ2n) is 6.54. The zero-order valence-corrected chi connectivity index (χ0v) is 13.9. The molecule has 1 heterocycles. The lowest BCUT2D eigenvalue weighted by atomic mass is 9.94. The van der Waals surface area contributed by atoms with Gasteiger partial charge in [-0.15, -0.1) is 0 Å². The summed E-state index contributed by atoms with van der Waals surface area (Å²) in [5.74, 6) is 1.43. The molecule has 5 nitrogen and oxygen atoms in total. The molecule has 1 saturated heterocycles. The van der Waals surface area contributed by atoms with E-state index in [1.165, 1.54) is 19.3 Å². The smallest absolute Gasteiger partial charge is 0.246 e. The van der Waals surface area contributed by atoms with Crippen LogP contribution in [0.4, 0.5) is 0 Å². The van der Waals surface area contributed by atoms with Crippen LogP contribution >= 0.6 is 0 Å². The minimum atomic E-state index is -0.537. The molecule has 3 rings (SSSR count). The van der Waals surface area contributed by atoms with Crippen LogP contribution in [0.25, 0.3) is 0 Å². The monoisotopic (exact) mass is 319 g/mol. The lowest BCUT2D eigenvalue weighted by Gasteiger charge is -2.35. The SMILES string of the molecule is COc1ccc(C2(C)CNC(=O)CO2)cc1OC1CCCCC1. The van der Waals surface area contributed by atoms with Gasteiger partial charge >= 0.3 is 0 Å². The summed E-state index contributed by atoms with van der Waals surface area (Å²) in [6.45, 7) is 2.53. The van der Waals surface area contributed by atoms with E-state index in [2.05, 4.69) is 5.32 Å². The Morgan fingerprint density at radius 3 is 2.65 bits per heavy atom. The van der Waals surface area contributed by atoms with Crippen LogP contribution in [0.2, 0.25) is 0 Å². The topological polar surface area (TPSA) is 56.8 Å². The number of carbonyl (C=O) groups excluding carboxylic acids is 1. The fourth-order valence-electron chi connectivity index (χ4n) is 3.24. The molecule has 1 N–H and O–H groups in total. The Balaban J connectivity index is 1.81. The van der Waals surface area contributed by atoms with Crippen molar-refractivity contribution >= 4 is 5.91 Å².